The monoisotopic (exact) mass is 285 g/mol. The Bertz CT molecular complexity index is 329. The van der Waals surface area contributed by atoms with Crippen LogP contribution in [-0.4, -0.2) is 72.7 Å². The van der Waals surface area contributed by atoms with Gasteiger partial charge in [0.1, 0.15) is 5.54 Å². The molecule has 0 aromatic heterocycles. The van der Waals surface area contributed by atoms with Crippen molar-refractivity contribution in [2.45, 2.75) is 50.6 Å². The fourth-order valence-electron chi connectivity index (χ4n) is 2.99. The summed E-state index contributed by atoms with van der Waals surface area (Å²) in [6.07, 6.45) is 4.41. The summed E-state index contributed by atoms with van der Waals surface area (Å²) >= 11 is 0. The highest BCUT2D eigenvalue weighted by atomic mass is 16.4. The summed E-state index contributed by atoms with van der Waals surface area (Å²) in [6.45, 7) is 6.21. The predicted molar refractivity (Wildman–Crippen MR) is 82.1 cm³/mol. The fraction of sp³-hybridized carbons (Fsp3) is 0.933. The highest BCUT2D eigenvalue weighted by Gasteiger charge is 2.40. The van der Waals surface area contributed by atoms with Crippen molar-refractivity contribution in [2.24, 2.45) is 0 Å². The molecule has 20 heavy (non-hydrogen) atoms. The van der Waals surface area contributed by atoms with Crippen LogP contribution in [0.5, 0.6) is 0 Å². The first-order valence-corrected chi connectivity index (χ1v) is 7.60. The van der Waals surface area contributed by atoms with Gasteiger partial charge in [-0.15, -0.1) is 0 Å². The van der Waals surface area contributed by atoms with Crippen molar-refractivity contribution in [2.75, 3.05) is 40.8 Å². The normalized spacial score (nSPS) is 20.8. The van der Waals surface area contributed by atoms with Gasteiger partial charge in [-0.05, 0) is 60.3 Å². The Labute approximate surface area is 123 Å². The molecule has 0 aliphatic heterocycles. The highest BCUT2D eigenvalue weighted by molar-refractivity contribution is 5.78. The largest absolute Gasteiger partial charge is 0.480 e. The lowest BCUT2D eigenvalue weighted by Crippen LogP contribution is -2.57. The summed E-state index contributed by atoms with van der Waals surface area (Å²) in [5.74, 6) is -0.765. The van der Waals surface area contributed by atoms with Crippen molar-refractivity contribution in [3.05, 3.63) is 0 Å². The molecule has 1 fully saturated rings. The number of carboxylic acid groups (broad SMARTS) is 1. The molecule has 1 aliphatic carbocycles. The van der Waals surface area contributed by atoms with Gasteiger partial charge in [0, 0.05) is 18.6 Å². The molecule has 1 saturated carbocycles. The van der Waals surface area contributed by atoms with Crippen LogP contribution in [0.25, 0.3) is 0 Å². The van der Waals surface area contributed by atoms with Gasteiger partial charge in [-0.1, -0.05) is 6.92 Å². The van der Waals surface area contributed by atoms with Crippen LogP contribution in [0.4, 0.5) is 0 Å². The van der Waals surface area contributed by atoms with E-state index < -0.39 is 11.5 Å². The Kier molecular flexibility index (Phi) is 5.98. The molecule has 1 aliphatic rings. The molecule has 5 heteroatoms. The van der Waals surface area contributed by atoms with Gasteiger partial charge in [-0.2, -0.15) is 0 Å². The predicted octanol–water partition coefficient (Wildman–Crippen LogP) is 1.25. The van der Waals surface area contributed by atoms with Gasteiger partial charge in [0.15, 0.2) is 0 Å². The van der Waals surface area contributed by atoms with E-state index in [1.165, 1.54) is 19.3 Å². The molecule has 1 unspecified atom stereocenters. The minimum atomic E-state index is -0.825. The van der Waals surface area contributed by atoms with E-state index in [-0.39, 0.29) is 0 Å². The van der Waals surface area contributed by atoms with E-state index in [9.17, 15) is 9.90 Å². The van der Waals surface area contributed by atoms with Crippen LogP contribution >= 0.6 is 0 Å². The summed E-state index contributed by atoms with van der Waals surface area (Å²) in [6, 6.07) is 0. The first-order chi connectivity index (χ1) is 9.26. The van der Waals surface area contributed by atoms with E-state index in [2.05, 4.69) is 36.3 Å². The zero-order valence-corrected chi connectivity index (χ0v) is 13.7. The molecule has 5 nitrogen and oxygen atoms in total. The van der Waals surface area contributed by atoms with E-state index in [1.807, 2.05) is 6.92 Å². The second-order valence-corrected chi connectivity index (χ2v) is 6.63. The number of nitrogens with one attached hydrogen (secondary N) is 1. The molecular formula is C15H31N3O2. The van der Waals surface area contributed by atoms with E-state index in [0.717, 1.165) is 13.1 Å². The second kappa shape index (κ2) is 6.87. The van der Waals surface area contributed by atoms with Gasteiger partial charge in [0.25, 0.3) is 0 Å². The number of carbonyl (C=O) groups is 1. The summed E-state index contributed by atoms with van der Waals surface area (Å²) in [7, 11) is 6.39. The first-order valence-electron chi connectivity index (χ1n) is 7.60. The van der Waals surface area contributed by atoms with Crippen molar-refractivity contribution < 1.29 is 9.90 Å². The maximum Gasteiger partial charge on any atom is 0.323 e. The smallest absolute Gasteiger partial charge is 0.323 e. The lowest BCUT2D eigenvalue weighted by Gasteiger charge is -2.49. The van der Waals surface area contributed by atoms with Gasteiger partial charge in [0.2, 0.25) is 0 Å². The number of rotatable bonds is 9. The number of carboxylic acids is 1. The molecule has 0 heterocycles. The first kappa shape index (κ1) is 17.4. The minimum absolute atomic E-state index is 0.298. The van der Waals surface area contributed by atoms with E-state index >= 15 is 0 Å². The Morgan fingerprint density at radius 3 is 2.30 bits per heavy atom. The van der Waals surface area contributed by atoms with Crippen molar-refractivity contribution >= 4 is 5.97 Å². The molecule has 0 saturated heterocycles. The van der Waals surface area contributed by atoms with Crippen LogP contribution < -0.4 is 5.32 Å². The average Bonchev–Trinajstić information content (AvgIpc) is 2.31. The van der Waals surface area contributed by atoms with E-state index in [1.54, 1.807) is 6.92 Å². The standard InChI is InChI=1S/C15H31N3O2/c1-6-16-14(2,13(19)20)10-11-18(5)12-15(17(3)4)8-7-9-15/h16H,6-12H2,1-5H3,(H,19,20). The molecule has 0 radical (unpaired) electrons. The van der Waals surface area contributed by atoms with E-state index in [0.29, 0.717) is 18.5 Å². The maximum absolute atomic E-state index is 11.4. The van der Waals surface area contributed by atoms with Gasteiger partial charge in [0.05, 0.1) is 0 Å². The molecule has 0 aromatic rings. The third-order valence-corrected chi connectivity index (χ3v) is 4.83. The number of nitrogens with zero attached hydrogens (tertiary/aromatic N) is 2. The van der Waals surface area contributed by atoms with Crippen LogP contribution in [0.1, 0.15) is 39.5 Å². The maximum atomic E-state index is 11.4. The molecule has 0 aromatic carbocycles. The summed E-state index contributed by atoms with van der Waals surface area (Å²) in [5.41, 5.74) is -0.527. The van der Waals surface area contributed by atoms with Gasteiger partial charge < -0.3 is 20.2 Å². The Morgan fingerprint density at radius 1 is 1.35 bits per heavy atom. The van der Waals surface area contributed by atoms with Gasteiger partial charge in [-0.25, -0.2) is 0 Å². The Morgan fingerprint density at radius 2 is 1.95 bits per heavy atom. The lowest BCUT2D eigenvalue weighted by molar-refractivity contribution is -0.144. The summed E-state index contributed by atoms with van der Waals surface area (Å²) in [4.78, 5) is 16.0. The number of aliphatic carboxylic acids is 1. The van der Waals surface area contributed by atoms with Crippen molar-refractivity contribution in [3.63, 3.8) is 0 Å². The zero-order valence-electron chi connectivity index (χ0n) is 13.7. The lowest BCUT2D eigenvalue weighted by atomic mass is 9.75. The minimum Gasteiger partial charge on any atom is -0.480 e. The van der Waals surface area contributed by atoms with Gasteiger partial charge in [-0.3, -0.25) is 4.79 Å². The SMILES string of the molecule is CCNC(C)(CCN(C)CC1(N(C)C)CCC1)C(=O)O. The molecular weight excluding hydrogens is 254 g/mol. The van der Waals surface area contributed by atoms with Crippen LogP contribution in [0.15, 0.2) is 0 Å². The average molecular weight is 285 g/mol. The zero-order chi connectivity index (χ0) is 15.4. The summed E-state index contributed by atoms with van der Waals surface area (Å²) < 4.78 is 0. The Hall–Kier alpha value is -0.650. The molecule has 0 spiro atoms. The molecule has 2 N–H and O–H groups in total. The second-order valence-electron chi connectivity index (χ2n) is 6.63. The topological polar surface area (TPSA) is 55.8 Å². The van der Waals surface area contributed by atoms with Crippen molar-refractivity contribution in [1.29, 1.82) is 0 Å². The van der Waals surface area contributed by atoms with Crippen molar-refractivity contribution in [3.8, 4) is 0 Å². The molecule has 1 rings (SSSR count). The van der Waals surface area contributed by atoms with E-state index in [4.69, 9.17) is 0 Å². The molecule has 0 bridgehead atoms. The van der Waals surface area contributed by atoms with Crippen molar-refractivity contribution in [1.82, 2.24) is 15.1 Å². The van der Waals surface area contributed by atoms with Crippen LogP contribution in [0.3, 0.4) is 0 Å². The quantitative estimate of drug-likeness (QED) is 0.668. The van der Waals surface area contributed by atoms with Crippen LogP contribution in [0.2, 0.25) is 0 Å². The molecule has 1 atom stereocenters. The molecule has 0 amide bonds. The number of likely N-dealkylation sites (N-methyl/N-ethyl adjacent to an activating group) is 3. The third-order valence-electron chi connectivity index (χ3n) is 4.83. The van der Waals surface area contributed by atoms with Gasteiger partial charge >= 0.3 is 5.97 Å². The molecule has 118 valence electrons. The van der Waals surface area contributed by atoms with Crippen LogP contribution in [0, 0.1) is 0 Å². The van der Waals surface area contributed by atoms with Crippen LogP contribution in [-0.2, 0) is 4.79 Å². The third kappa shape index (κ3) is 3.93. The number of hydrogen-bond donors (Lipinski definition) is 2. The summed E-state index contributed by atoms with van der Waals surface area (Å²) in [5, 5.41) is 12.5. The Balaban J connectivity index is 2.50. The highest BCUT2D eigenvalue weighted by Crippen LogP contribution is 2.36. The fourth-order valence-corrected chi connectivity index (χ4v) is 2.99. The number of hydrogen-bond acceptors (Lipinski definition) is 4.